The number of carbonyl (C=O) groups excluding carboxylic acids is 2. The Morgan fingerprint density at radius 2 is 1.81 bits per heavy atom. The van der Waals surface area contributed by atoms with Crippen LogP contribution in [0.4, 0.5) is 5.95 Å². The fourth-order valence-electron chi connectivity index (χ4n) is 3.24. The number of amides is 2. The number of nitrogens with one attached hydrogen (secondary N) is 3. The number of H-pyrrole nitrogens is 1. The normalized spacial score (nSPS) is 12.2. The summed E-state index contributed by atoms with van der Waals surface area (Å²) in [6, 6.07) is 14.6. The van der Waals surface area contributed by atoms with Crippen LogP contribution in [0, 0.1) is 0 Å². The van der Waals surface area contributed by atoms with Crippen molar-refractivity contribution in [3.8, 4) is 0 Å². The monoisotopic (exact) mass is 426 g/mol. The first kappa shape index (κ1) is 20.9. The number of pyridine rings is 1. The molecule has 2 aromatic carbocycles. The van der Waals surface area contributed by atoms with E-state index < -0.39 is 5.91 Å². The smallest absolute Gasteiger partial charge is 0.276 e. The molecule has 32 heavy (non-hydrogen) atoms. The third kappa shape index (κ3) is 4.39. The first-order valence-corrected chi connectivity index (χ1v) is 10.1. The summed E-state index contributed by atoms with van der Waals surface area (Å²) < 4.78 is 0. The molecule has 0 saturated carbocycles. The molecule has 2 heterocycles. The van der Waals surface area contributed by atoms with Crippen molar-refractivity contribution in [1.82, 2.24) is 20.3 Å². The Bertz CT molecular complexity index is 1400. The van der Waals surface area contributed by atoms with Crippen LogP contribution in [0.5, 0.6) is 0 Å². The van der Waals surface area contributed by atoms with Crippen LogP contribution in [0.3, 0.4) is 0 Å². The Balaban J connectivity index is 1.57. The van der Waals surface area contributed by atoms with Crippen LogP contribution < -0.4 is 10.6 Å². The van der Waals surface area contributed by atoms with Gasteiger partial charge < -0.3 is 10.3 Å². The molecule has 0 spiro atoms. The molecule has 0 unspecified atom stereocenters. The second-order valence-corrected chi connectivity index (χ2v) is 7.24. The number of hydrogen-bond donors (Lipinski definition) is 3. The fourth-order valence-corrected chi connectivity index (χ4v) is 3.24. The van der Waals surface area contributed by atoms with Gasteiger partial charge in [0.05, 0.1) is 11.1 Å². The Kier molecular flexibility index (Phi) is 5.76. The Morgan fingerprint density at radius 1 is 1.03 bits per heavy atom. The van der Waals surface area contributed by atoms with Gasteiger partial charge in [0, 0.05) is 17.3 Å². The molecule has 0 fully saturated rings. The molecule has 0 bridgehead atoms. The molecule has 160 valence electrons. The summed E-state index contributed by atoms with van der Waals surface area (Å²) >= 11 is 0. The van der Waals surface area contributed by atoms with Gasteiger partial charge in [0.15, 0.2) is 0 Å². The lowest BCUT2D eigenvalue weighted by molar-refractivity contribution is 0.0977. The van der Waals surface area contributed by atoms with Crippen molar-refractivity contribution in [3.63, 3.8) is 0 Å². The van der Waals surface area contributed by atoms with Gasteiger partial charge >= 0.3 is 0 Å². The van der Waals surface area contributed by atoms with Crippen molar-refractivity contribution in [2.24, 2.45) is 4.99 Å². The summed E-state index contributed by atoms with van der Waals surface area (Å²) in [6.45, 7) is 5.45. The SMILES string of the molecule is C/C=C(/C)N=C(C)NC(=O)c1cccc2[nH]c(NC(=O)c3cc4ccccc4cn3)nc12. The molecule has 0 radical (unpaired) electrons. The van der Waals surface area contributed by atoms with Crippen molar-refractivity contribution in [2.45, 2.75) is 20.8 Å². The van der Waals surface area contributed by atoms with Crippen LogP contribution >= 0.6 is 0 Å². The summed E-state index contributed by atoms with van der Waals surface area (Å²) in [6.07, 6.45) is 3.51. The number of hydrogen-bond acceptors (Lipinski definition) is 5. The minimum atomic E-state index is -0.398. The van der Waals surface area contributed by atoms with Crippen molar-refractivity contribution in [1.29, 1.82) is 0 Å². The van der Waals surface area contributed by atoms with E-state index in [-0.39, 0.29) is 17.5 Å². The van der Waals surface area contributed by atoms with Crippen LogP contribution in [-0.2, 0) is 0 Å². The van der Waals surface area contributed by atoms with Crippen LogP contribution in [0.25, 0.3) is 21.8 Å². The second kappa shape index (κ2) is 8.81. The number of anilines is 1. The number of rotatable bonds is 4. The van der Waals surface area contributed by atoms with E-state index in [2.05, 4.69) is 30.6 Å². The van der Waals surface area contributed by atoms with Gasteiger partial charge in [-0.2, -0.15) is 0 Å². The zero-order valence-corrected chi connectivity index (χ0v) is 17.9. The lowest BCUT2D eigenvalue weighted by Gasteiger charge is -2.05. The number of aromatic nitrogens is 3. The third-order valence-corrected chi connectivity index (χ3v) is 4.91. The van der Waals surface area contributed by atoms with Crippen LogP contribution in [0.2, 0.25) is 0 Å². The summed E-state index contributed by atoms with van der Waals surface area (Å²) in [5.74, 6) is -0.0173. The summed E-state index contributed by atoms with van der Waals surface area (Å²) in [5.41, 5.74) is 2.51. The van der Waals surface area contributed by atoms with E-state index >= 15 is 0 Å². The van der Waals surface area contributed by atoms with Crippen molar-refractivity contribution in [3.05, 3.63) is 77.8 Å². The first-order valence-electron chi connectivity index (χ1n) is 10.1. The molecule has 2 aromatic heterocycles. The molecule has 0 aliphatic rings. The maximum absolute atomic E-state index is 12.8. The van der Waals surface area contributed by atoms with E-state index in [1.54, 1.807) is 37.4 Å². The van der Waals surface area contributed by atoms with Gasteiger partial charge in [0.1, 0.15) is 17.0 Å². The number of carbonyl (C=O) groups is 2. The molecular formula is C24H22N6O2. The number of fused-ring (bicyclic) bond motifs is 2. The first-order chi connectivity index (χ1) is 15.4. The molecule has 8 heteroatoms. The van der Waals surface area contributed by atoms with E-state index in [1.165, 1.54) is 0 Å². The van der Waals surface area contributed by atoms with Crippen molar-refractivity contribution >= 4 is 45.4 Å². The topological polar surface area (TPSA) is 112 Å². The second-order valence-electron chi connectivity index (χ2n) is 7.24. The van der Waals surface area contributed by atoms with Gasteiger partial charge in [-0.1, -0.05) is 36.4 Å². The molecular weight excluding hydrogens is 404 g/mol. The molecule has 8 nitrogen and oxygen atoms in total. The fraction of sp³-hybridized carbons (Fsp3) is 0.125. The summed E-state index contributed by atoms with van der Waals surface area (Å²) in [4.78, 5) is 41.4. The van der Waals surface area contributed by atoms with E-state index in [0.717, 1.165) is 16.5 Å². The van der Waals surface area contributed by atoms with Crippen LogP contribution in [0.15, 0.2) is 71.5 Å². The number of aliphatic imine (C=N–C) groups is 1. The molecule has 0 aliphatic heterocycles. The number of para-hydroxylation sites is 1. The summed E-state index contributed by atoms with van der Waals surface area (Å²) in [5, 5.41) is 7.36. The van der Waals surface area contributed by atoms with Crippen molar-refractivity contribution in [2.75, 3.05) is 5.32 Å². The van der Waals surface area contributed by atoms with Gasteiger partial charge in [-0.3, -0.25) is 19.9 Å². The van der Waals surface area contributed by atoms with E-state index in [4.69, 9.17) is 0 Å². The Hall–Kier alpha value is -4.33. The number of aromatic amines is 1. The third-order valence-electron chi connectivity index (χ3n) is 4.91. The highest BCUT2D eigenvalue weighted by Crippen LogP contribution is 2.20. The maximum Gasteiger partial charge on any atom is 0.276 e. The average molecular weight is 426 g/mol. The lowest BCUT2D eigenvalue weighted by Crippen LogP contribution is -2.28. The highest BCUT2D eigenvalue weighted by atomic mass is 16.2. The Labute approximate surface area is 184 Å². The number of nitrogens with zero attached hydrogens (tertiary/aromatic N) is 3. The predicted molar refractivity (Wildman–Crippen MR) is 126 cm³/mol. The van der Waals surface area contributed by atoms with Gasteiger partial charge in [-0.15, -0.1) is 0 Å². The van der Waals surface area contributed by atoms with E-state index in [0.29, 0.717) is 22.4 Å². The van der Waals surface area contributed by atoms with E-state index in [9.17, 15) is 9.59 Å². The van der Waals surface area contributed by atoms with Gasteiger partial charge in [0.2, 0.25) is 5.95 Å². The molecule has 3 N–H and O–H groups in total. The van der Waals surface area contributed by atoms with Gasteiger partial charge in [-0.25, -0.2) is 9.98 Å². The van der Waals surface area contributed by atoms with Crippen LogP contribution in [0.1, 0.15) is 41.6 Å². The van der Waals surface area contributed by atoms with Gasteiger partial charge in [0.25, 0.3) is 11.8 Å². The number of imidazole rings is 1. The minimum Gasteiger partial charge on any atom is -0.324 e. The predicted octanol–water partition coefficient (Wildman–Crippen LogP) is 4.44. The molecule has 2 amide bonds. The maximum atomic E-state index is 12.8. The molecule has 0 aliphatic carbocycles. The molecule has 4 rings (SSSR count). The lowest BCUT2D eigenvalue weighted by atomic mass is 10.1. The summed E-state index contributed by atoms with van der Waals surface area (Å²) in [7, 11) is 0. The van der Waals surface area contributed by atoms with Crippen molar-refractivity contribution < 1.29 is 9.59 Å². The molecule has 0 atom stereocenters. The number of amidine groups is 1. The average Bonchev–Trinajstić information content (AvgIpc) is 3.20. The Morgan fingerprint density at radius 3 is 2.59 bits per heavy atom. The zero-order chi connectivity index (χ0) is 22.7. The quantitative estimate of drug-likeness (QED) is 0.331. The largest absolute Gasteiger partial charge is 0.324 e. The van der Waals surface area contributed by atoms with Gasteiger partial charge in [-0.05, 0) is 44.4 Å². The number of allylic oxidation sites excluding steroid dienone is 2. The van der Waals surface area contributed by atoms with E-state index in [1.807, 2.05) is 44.2 Å². The minimum absolute atomic E-state index is 0.232. The zero-order valence-electron chi connectivity index (χ0n) is 17.9. The van der Waals surface area contributed by atoms with Crippen LogP contribution in [-0.4, -0.2) is 32.6 Å². The molecule has 0 saturated heterocycles. The highest BCUT2D eigenvalue weighted by molar-refractivity contribution is 6.12. The number of benzene rings is 2. The standard InChI is InChI=1S/C24H22N6O2/c1-4-14(2)26-15(3)27-22(31)18-10-7-11-19-21(18)29-24(28-19)30-23(32)20-12-16-8-5-6-9-17(16)13-25-20/h4-13H,1-3H3,(H,26,27,31)(H2,28,29,30,32)/b14-4-. The highest BCUT2D eigenvalue weighted by Gasteiger charge is 2.16. The molecule has 4 aromatic rings.